The number of carbonyl (C=O) groups excluding carboxylic acids is 2. The lowest BCUT2D eigenvalue weighted by Gasteiger charge is -2.32. The highest BCUT2D eigenvalue weighted by molar-refractivity contribution is 7.13. The van der Waals surface area contributed by atoms with Crippen LogP contribution in [0.5, 0.6) is 0 Å². The van der Waals surface area contributed by atoms with Crippen LogP contribution >= 0.6 is 11.3 Å². The van der Waals surface area contributed by atoms with E-state index in [9.17, 15) is 14.7 Å². The summed E-state index contributed by atoms with van der Waals surface area (Å²) in [6.07, 6.45) is 7.28. The molecule has 7 nitrogen and oxygen atoms in total. The lowest BCUT2D eigenvalue weighted by Crippen LogP contribution is -2.42. The number of hydrogen-bond donors (Lipinski definition) is 2. The SMILES string of the molecule is CNCc1ccc(C(=O)n2c(C)c(CC(=O)N(c3nccs3)C3CCCCC3)c3cc(CO)ccc32)cc1. The number of thiazole rings is 1. The second-order valence-electron chi connectivity index (χ2n) is 9.99. The molecular formula is C30H34N4O3S. The summed E-state index contributed by atoms with van der Waals surface area (Å²) in [7, 11) is 1.89. The fourth-order valence-corrected chi connectivity index (χ4v) is 6.32. The smallest absolute Gasteiger partial charge is 0.262 e. The molecule has 1 aliphatic carbocycles. The van der Waals surface area contributed by atoms with Crippen LogP contribution in [-0.2, 0) is 24.4 Å². The van der Waals surface area contributed by atoms with Gasteiger partial charge in [-0.3, -0.25) is 19.1 Å². The van der Waals surface area contributed by atoms with E-state index < -0.39 is 0 Å². The average Bonchev–Trinajstić information content (AvgIpc) is 3.56. The van der Waals surface area contributed by atoms with Crippen LogP contribution in [0, 0.1) is 6.92 Å². The molecule has 5 rings (SSSR count). The Morgan fingerprint density at radius 2 is 1.84 bits per heavy atom. The second-order valence-corrected chi connectivity index (χ2v) is 10.9. The first kappa shape index (κ1) is 26.3. The summed E-state index contributed by atoms with van der Waals surface area (Å²) >= 11 is 1.49. The summed E-state index contributed by atoms with van der Waals surface area (Å²) in [5.74, 6) is -0.143. The van der Waals surface area contributed by atoms with Gasteiger partial charge in [-0.2, -0.15) is 0 Å². The zero-order valence-corrected chi connectivity index (χ0v) is 22.8. The Morgan fingerprint density at radius 3 is 2.50 bits per heavy atom. The van der Waals surface area contributed by atoms with Gasteiger partial charge in [0.2, 0.25) is 5.91 Å². The maximum absolute atomic E-state index is 14.0. The van der Waals surface area contributed by atoms with Crippen molar-refractivity contribution in [2.45, 2.75) is 64.6 Å². The standard InChI is InChI=1S/C30H34N4O3S/c1-20-25(17-28(36)34(30-32-14-15-38-30)24-6-4-3-5-7-24)26-16-22(19-35)10-13-27(26)33(20)29(37)23-11-8-21(9-12-23)18-31-2/h8-16,24,31,35H,3-7,17-19H2,1-2H3. The van der Waals surface area contributed by atoms with Crippen LogP contribution in [0.2, 0.25) is 0 Å². The van der Waals surface area contributed by atoms with E-state index in [4.69, 9.17) is 0 Å². The third-order valence-electron chi connectivity index (χ3n) is 7.53. The molecule has 0 bridgehead atoms. The third-order valence-corrected chi connectivity index (χ3v) is 8.30. The van der Waals surface area contributed by atoms with Crippen molar-refractivity contribution in [2.75, 3.05) is 11.9 Å². The van der Waals surface area contributed by atoms with Gasteiger partial charge in [-0.25, -0.2) is 4.98 Å². The Bertz CT molecular complexity index is 1420. The van der Waals surface area contributed by atoms with Crippen molar-refractivity contribution in [3.8, 4) is 0 Å². The number of anilines is 1. The van der Waals surface area contributed by atoms with Gasteiger partial charge in [-0.1, -0.05) is 37.5 Å². The Labute approximate surface area is 227 Å². The van der Waals surface area contributed by atoms with Gasteiger partial charge in [0.1, 0.15) is 0 Å². The number of nitrogens with one attached hydrogen (secondary N) is 1. The molecule has 0 aliphatic heterocycles. The number of benzene rings is 2. The number of nitrogens with zero attached hydrogens (tertiary/aromatic N) is 3. The highest BCUT2D eigenvalue weighted by Gasteiger charge is 2.30. The van der Waals surface area contributed by atoms with E-state index in [1.54, 1.807) is 10.8 Å². The molecule has 8 heteroatoms. The minimum atomic E-state index is -0.136. The Balaban J connectivity index is 1.55. The number of aliphatic hydroxyl groups is 1. The molecule has 0 unspecified atom stereocenters. The quantitative estimate of drug-likeness (QED) is 0.326. The average molecular weight is 531 g/mol. The van der Waals surface area contributed by atoms with Crippen molar-refractivity contribution in [3.05, 3.63) is 82.0 Å². The summed E-state index contributed by atoms with van der Waals surface area (Å²) < 4.78 is 1.71. The predicted octanol–water partition coefficient (Wildman–Crippen LogP) is 5.21. The van der Waals surface area contributed by atoms with Crippen LogP contribution in [0.1, 0.15) is 64.8 Å². The van der Waals surface area contributed by atoms with Crippen LogP contribution in [0.15, 0.2) is 54.0 Å². The lowest BCUT2D eigenvalue weighted by molar-refractivity contribution is -0.118. The van der Waals surface area contributed by atoms with E-state index in [1.165, 1.54) is 17.8 Å². The van der Waals surface area contributed by atoms with Crippen molar-refractivity contribution in [2.24, 2.45) is 0 Å². The van der Waals surface area contributed by atoms with Gasteiger partial charge < -0.3 is 10.4 Å². The lowest BCUT2D eigenvalue weighted by atomic mass is 9.94. The van der Waals surface area contributed by atoms with Gasteiger partial charge in [0.15, 0.2) is 5.13 Å². The molecule has 0 saturated heterocycles. The van der Waals surface area contributed by atoms with Gasteiger partial charge in [0.05, 0.1) is 18.5 Å². The largest absolute Gasteiger partial charge is 0.392 e. The summed E-state index contributed by atoms with van der Waals surface area (Å²) in [4.78, 5) is 34.1. The maximum atomic E-state index is 14.0. The summed E-state index contributed by atoms with van der Waals surface area (Å²) in [6, 6.07) is 13.3. The fourth-order valence-electron chi connectivity index (χ4n) is 5.59. The van der Waals surface area contributed by atoms with Crippen LogP contribution in [0.3, 0.4) is 0 Å². The maximum Gasteiger partial charge on any atom is 0.262 e. The molecule has 0 spiro atoms. The number of rotatable bonds is 8. The molecule has 2 aromatic heterocycles. The minimum absolute atomic E-state index is 0.00716. The first-order chi connectivity index (χ1) is 18.5. The van der Waals surface area contributed by atoms with Gasteiger partial charge >= 0.3 is 0 Å². The Kier molecular flexibility index (Phi) is 8.02. The molecule has 1 saturated carbocycles. The fraction of sp³-hybridized carbons (Fsp3) is 0.367. The van der Waals surface area contributed by atoms with E-state index >= 15 is 0 Å². The number of aliphatic hydroxyl groups excluding tert-OH is 1. The highest BCUT2D eigenvalue weighted by atomic mass is 32.1. The highest BCUT2D eigenvalue weighted by Crippen LogP contribution is 2.33. The number of fused-ring (bicyclic) bond motifs is 1. The van der Waals surface area contributed by atoms with E-state index in [0.717, 1.165) is 70.6 Å². The molecule has 1 amide bonds. The predicted molar refractivity (Wildman–Crippen MR) is 152 cm³/mol. The first-order valence-corrected chi connectivity index (χ1v) is 14.1. The number of aromatic nitrogens is 2. The molecule has 198 valence electrons. The van der Waals surface area contributed by atoms with E-state index in [1.807, 2.05) is 66.7 Å². The zero-order chi connectivity index (χ0) is 26.6. The van der Waals surface area contributed by atoms with Crippen LogP contribution in [0.4, 0.5) is 5.13 Å². The van der Waals surface area contributed by atoms with Crippen LogP contribution in [-0.4, -0.2) is 39.6 Å². The van der Waals surface area contributed by atoms with Gasteiger partial charge in [-0.05, 0) is 67.8 Å². The van der Waals surface area contributed by atoms with Crippen molar-refractivity contribution in [1.82, 2.24) is 14.9 Å². The minimum Gasteiger partial charge on any atom is -0.392 e. The van der Waals surface area contributed by atoms with Crippen molar-refractivity contribution < 1.29 is 14.7 Å². The topological polar surface area (TPSA) is 87.5 Å². The molecule has 4 aromatic rings. The summed E-state index contributed by atoms with van der Waals surface area (Å²) in [6.45, 7) is 2.53. The molecule has 1 aliphatic rings. The monoisotopic (exact) mass is 530 g/mol. The van der Waals surface area contributed by atoms with Gasteiger partial charge in [0, 0.05) is 40.8 Å². The third kappa shape index (κ3) is 5.16. The van der Waals surface area contributed by atoms with E-state index in [2.05, 4.69) is 10.3 Å². The molecule has 0 atom stereocenters. The van der Waals surface area contributed by atoms with E-state index in [0.29, 0.717) is 5.56 Å². The van der Waals surface area contributed by atoms with Gasteiger partial charge in [-0.15, -0.1) is 11.3 Å². The molecule has 2 heterocycles. The molecule has 2 N–H and O–H groups in total. The normalized spacial score (nSPS) is 14.2. The second kappa shape index (κ2) is 11.6. The molecule has 38 heavy (non-hydrogen) atoms. The number of amides is 1. The zero-order valence-electron chi connectivity index (χ0n) is 21.9. The Morgan fingerprint density at radius 1 is 1.11 bits per heavy atom. The van der Waals surface area contributed by atoms with Crippen molar-refractivity contribution in [3.63, 3.8) is 0 Å². The number of carbonyl (C=O) groups is 2. The van der Waals surface area contributed by atoms with Crippen LogP contribution in [0.25, 0.3) is 10.9 Å². The van der Waals surface area contributed by atoms with Crippen molar-refractivity contribution >= 4 is 39.2 Å². The summed E-state index contributed by atoms with van der Waals surface area (Å²) in [5, 5.41) is 16.4. The Hall–Kier alpha value is -3.33. The molecule has 2 aromatic carbocycles. The van der Waals surface area contributed by atoms with E-state index in [-0.39, 0.29) is 30.9 Å². The van der Waals surface area contributed by atoms with Gasteiger partial charge in [0.25, 0.3) is 5.91 Å². The molecule has 0 radical (unpaired) electrons. The van der Waals surface area contributed by atoms with Crippen molar-refractivity contribution in [1.29, 1.82) is 0 Å². The first-order valence-electron chi connectivity index (χ1n) is 13.2. The molecule has 1 fully saturated rings. The summed E-state index contributed by atoms with van der Waals surface area (Å²) in [5.41, 5.74) is 4.73. The van der Waals surface area contributed by atoms with Crippen LogP contribution < -0.4 is 10.2 Å². The molecular weight excluding hydrogens is 496 g/mol. The number of hydrogen-bond acceptors (Lipinski definition) is 6.